The molecule has 4 nitrogen and oxygen atoms in total. The van der Waals surface area contributed by atoms with E-state index in [2.05, 4.69) is 4.74 Å². The van der Waals surface area contributed by atoms with Crippen LogP contribution in [0.15, 0.2) is 24.3 Å². The number of nitrogens with one attached hydrogen (secondary N) is 1. The minimum Gasteiger partial charge on any atom is -0.434 e. The van der Waals surface area contributed by atoms with Crippen LogP contribution < -0.4 is 15.8 Å². The molecule has 0 saturated carbocycles. The van der Waals surface area contributed by atoms with Crippen molar-refractivity contribution in [2.75, 3.05) is 0 Å². The number of alkyl halides is 5. The monoisotopic (exact) mass is 312 g/mol. The molecule has 0 aliphatic heterocycles. The molecule has 9 heteroatoms. The number of nitrogens with two attached hydrogens (primary N) is 1. The highest BCUT2D eigenvalue weighted by Crippen LogP contribution is 2.37. The zero-order valence-electron chi connectivity index (χ0n) is 10.8. The number of hydrogen-bond acceptors (Lipinski definition) is 3. The number of ether oxygens (including phenoxy) is 1. The van der Waals surface area contributed by atoms with E-state index in [1.54, 1.807) is 5.32 Å². The summed E-state index contributed by atoms with van der Waals surface area (Å²) in [4.78, 5) is 11.4. The Hall–Kier alpha value is -1.90. The summed E-state index contributed by atoms with van der Waals surface area (Å²) in [5.74, 6) is -1.73. The Morgan fingerprint density at radius 1 is 1.29 bits per heavy atom. The van der Waals surface area contributed by atoms with E-state index in [9.17, 15) is 26.7 Å². The maximum absolute atomic E-state index is 13.0. The number of halogens is 5. The van der Waals surface area contributed by atoms with Crippen LogP contribution in [0.5, 0.6) is 5.75 Å². The lowest BCUT2D eigenvalue weighted by molar-refractivity contribution is -0.164. The van der Waals surface area contributed by atoms with Crippen molar-refractivity contribution in [3.8, 4) is 5.75 Å². The molecule has 1 aromatic rings. The van der Waals surface area contributed by atoms with Gasteiger partial charge in [0, 0.05) is 5.56 Å². The molecular weight excluding hydrogens is 299 g/mol. The molecule has 0 fully saturated rings. The molecule has 0 aromatic heterocycles. The summed E-state index contributed by atoms with van der Waals surface area (Å²) in [6.45, 7) is -2.09. The lowest BCUT2D eigenvalue weighted by atomic mass is 10.0. The van der Waals surface area contributed by atoms with E-state index in [4.69, 9.17) is 5.73 Å². The Balaban J connectivity index is 3.18. The van der Waals surface area contributed by atoms with Crippen LogP contribution in [-0.4, -0.2) is 24.7 Å². The van der Waals surface area contributed by atoms with Crippen molar-refractivity contribution >= 4 is 5.91 Å². The molecule has 1 aromatic carbocycles. The fourth-order valence-corrected chi connectivity index (χ4v) is 1.53. The molecule has 0 aliphatic carbocycles. The number of carbonyl (C=O) groups excluding carboxylic acids is 1. The topological polar surface area (TPSA) is 64.4 Å². The SMILES string of the molecule is C[C@@H](N)C(=O)NC(c1ccccc1OC(F)F)C(F)(F)F. The molecule has 0 saturated heterocycles. The summed E-state index contributed by atoms with van der Waals surface area (Å²) < 4.78 is 67.7. The van der Waals surface area contributed by atoms with Crippen LogP contribution in [0.3, 0.4) is 0 Å². The van der Waals surface area contributed by atoms with Gasteiger partial charge in [-0.2, -0.15) is 22.0 Å². The highest BCUT2D eigenvalue weighted by Gasteiger charge is 2.43. The Morgan fingerprint density at radius 2 is 1.86 bits per heavy atom. The van der Waals surface area contributed by atoms with Crippen LogP contribution in [0.25, 0.3) is 0 Å². The van der Waals surface area contributed by atoms with Gasteiger partial charge >= 0.3 is 12.8 Å². The zero-order chi connectivity index (χ0) is 16.2. The first-order valence-electron chi connectivity index (χ1n) is 5.79. The van der Waals surface area contributed by atoms with Gasteiger partial charge in [-0.05, 0) is 13.0 Å². The molecular formula is C12H13F5N2O2. The summed E-state index contributed by atoms with van der Waals surface area (Å²) in [6, 6.07) is 0.672. The summed E-state index contributed by atoms with van der Waals surface area (Å²) >= 11 is 0. The minimum absolute atomic E-state index is 0.626. The number of rotatable bonds is 5. The summed E-state index contributed by atoms with van der Waals surface area (Å²) in [7, 11) is 0. The number of para-hydroxylation sites is 1. The molecule has 0 heterocycles. The first kappa shape index (κ1) is 17.2. The largest absolute Gasteiger partial charge is 0.434 e. The Kier molecular flexibility index (Phi) is 5.47. The lowest BCUT2D eigenvalue weighted by Crippen LogP contribution is -2.45. The van der Waals surface area contributed by atoms with Crippen LogP contribution >= 0.6 is 0 Å². The van der Waals surface area contributed by atoms with Crippen molar-refractivity contribution in [3.63, 3.8) is 0 Å². The Labute approximate surface area is 117 Å². The van der Waals surface area contributed by atoms with Crippen molar-refractivity contribution in [1.29, 1.82) is 0 Å². The van der Waals surface area contributed by atoms with Crippen molar-refractivity contribution in [1.82, 2.24) is 5.32 Å². The number of amides is 1. The predicted octanol–water partition coefficient (Wildman–Crippen LogP) is 2.35. The van der Waals surface area contributed by atoms with Gasteiger partial charge in [0.25, 0.3) is 0 Å². The maximum Gasteiger partial charge on any atom is 0.413 e. The maximum atomic E-state index is 13.0. The number of carbonyl (C=O) groups is 1. The van der Waals surface area contributed by atoms with E-state index in [1.807, 2.05) is 0 Å². The second-order valence-electron chi connectivity index (χ2n) is 4.19. The van der Waals surface area contributed by atoms with Gasteiger partial charge in [0.1, 0.15) is 5.75 Å². The second kappa shape index (κ2) is 6.70. The normalized spacial score (nSPS) is 14.7. The summed E-state index contributed by atoms with van der Waals surface area (Å²) in [5, 5.41) is 1.67. The van der Waals surface area contributed by atoms with E-state index >= 15 is 0 Å². The van der Waals surface area contributed by atoms with Crippen LogP contribution in [0.2, 0.25) is 0 Å². The van der Waals surface area contributed by atoms with Gasteiger partial charge in [-0.1, -0.05) is 18.2 Å². The van der Waals surface area contributed by atoms with E-state index in [-0.39, 0.29) is 0 Å². The first-order valence-corrected chi connectivity index (χ1v) is 5.79. The minimum atomic E-state index is -4.90. The standard InChI is InChI=1S/C12H13F5N2O2/c1-6(18)10(20)19-9(12(15,16)17)7-4-2-3-5-8(7)21-11(13)14/h2-6,9,11H,18H2,1H3,(H,19,20)/t6-,9?/m1/s1. The molecule has 0 spiro atoms. The fraction of sp³-hybridized carbons (Fsp3) is 0.417. The average molecular weight is 312 g/mol. The average Bonchev–Trinajstić information content (AvgIpc) is 2.34. The second-order valence-corrected chi connectivity index (χ2v) is 4.19. The highest BCUT2D eigenvalue weighted by molar-refractivity contribution is 5.81. The molecule has 1 unspecified atom stereocenters. The highest BCUT2D eigenvalue weighted by atomic mass is 19.4. The van der Waals surface area contributed by atoms with E-state index in [0.717, 1.165) is 12.1 Å². The van der Waals surface area contributed by atoms with E-state index in [1.165, 1.54) is 19.1 Å². The zero-order valence-corrected chi connectivity index (χ0v) is 10.8. The van der Waals surface area contributed by atoms with E-state index < -0.39 is 42.1 Å². The lowest BCUT2D eigenvalue weighted by Gasteiger charge is -2.24. The van der Waals surface area contributed by atoms with Gasteiger partial charge < -0.3 is 15.8 Å². The molecule has 0 aliphatic rings. The third kappa shape index (κ3) is 4.85. The third-order valence-electron chi connectivity index (χ3n) is 2.47. The predicted molar refractivity (Wildman–Crippen MR) is 63.7 cm³/mol. The molecule has 1 amide bonds. The van der Waals surface area contributed by atoms with E-state index in [0.29, 0.717) is 0 Å². The van der Waals surface area contributed by atoms with Gasteiger partial charge in [-0.15, -0.1) is 0 Å². The molecule has 21 heavy (non-hydrogen) atoms. The quantitative estimate of drug-likeness (QED) is 0.820. The van der Waals surface area contributed by atoms with Gasteiger partial charge in [-0.25, -0.2) is 0 Å². The third-order valence-corrected chi connectivity index (χ3v) is 2.47. The summed E-state index contributed by atoms with van der Waals surface area (Å²) in [6.07, 6.45) is -4.90. The fourth-order valence-electron chi connectivity index (χ4n) is 1.53. The molecule has 1 rings (SSSR count). The molecule has 0 bridgehead atoms. The van der Waals surface area contributed by atoms with Gasteiger partial charge in [0.15, 0.2) is 6.04 Å². The van der Waals surface area contributed by atoms with Gasteiger partial charge in [0.05, 0.1) is 6.04 Å². The smallest absolute Gasteiger partial charge is 0.413 e. The van der Waals surface area contributed by atoms with Crippen molar-refractivity contribution < 1.29 is 31.5 Å². The van der Waals surface area contributed by atoms with Gasteiger partial charge in [0.2, 0.25) is 5.91 Å². The van der Waals surface area contributed by atoms with Crippen molar-refractivity contribution in [2.45, 2.75) is 31.8 Å². The van der Waals surface area contributed by atoms with Crippen LogP contribution in [0.1, 0.15) is 18.5 Å². The molecule has 2 atom stereocenters. The molecule has 118 valence electrons. The van der Waals surface area contributed by atoms with Crippen molar-refractivity contribution in [3.05, 3.63) is 29.8 Å². The van der Waals surface area contributed by atoms with Crippen LogP contribution in [-0.2, 0) is 4.79 Å². The molecule has 3 N–H and O–H groups in total. The van der Waals surface area contributed by atoms with Crippen molar-refractivity contribution in [2.24, 2.45) is 5.73 Å². The van der Waals surface area contributed by atoms with Gasteiger partial charge in [-0.3, -0.25) is 4.79 Å². The van der Waals surface area contributed by atoms with Crippen LogP contribution in [0, 0.1) is 0 Å². The number of benzene rings is 1. The van der Waals surface area contributed by atoms with Crippen LogP contribution in [0.4, 0.5) is 22.0 Å². The Morgan fingerprint density at radius 3 is 2.33 bits per heavy atom. The summed E-state index contributed by atoms with van der Waals surface area (Å²) in [5.41, 5.74) is 4.57. The number of hydrogen-bond donors (Lipinski definition) is 2. The Bertz CT molecular complexity index is 491. The first-order chi connectivity index (χ1) is 9.62. The molecule has 0 radical (unpaired) electrons.